The Kier molecular flexibility index (Phi) is 4.85. The molecule has 1 aromatic heterocycles. The zero-order valence-electron chi connectivity index (χ0n) is 18.4. The molecule has 0 bridgehead atoms. The van der Waals surface area contributed by atoms with Crippen molar-refractivity contribution in [2.45, 2.75) is 90.6 Å². The molecule has 2 heterocycles. The van der Waals surface area contributed by atoms with Gasteiger partial charge in [-0.25, -0.2) is 4.85 Å². The van der Waals surface area contributed by atoms with Crippen LogP contribution in [-0.2, 0) is 9.31 Å². The summed E-state index contributed by atoms with van der Waals surface area (Å²) in [5.41, 5.74) is 4.14. The van der Waals surface area contributed by atoms with Crippen molar-refractivity contribution in [2.75, 3.05) is 0 Å². The van der Waals surface area contributed by atoms with Gasteiger partial charge < -0.3 is 19.0 Å². The summed E-state index contributed by atoms with van der Waals surface area (Å²) in [6, 6.07) is 4.48. The third-order valence-corrected chi connectivity index (χ3v) is 7.26. The lowest BCUT2D eigenvalue weighted by atomic mass is 9.76. The lowest BCUT2D eigenvalue weighted by Crippen LogP contribution is -2.41. The molecule has 1 saturated carbocycles. The van der Waals surface area contributed by atoms with Crippen LogP contribution in [0, 0.1) is 20.4 Å². The van der Waals surface area contributed by atoms with E-state index in [0.29, 0.717) is 11.7 Å². The van der Waals surface area contributed by atoms with Crippen molar-refractivity contribution in [1.82, 2.24) is 4.57 Å². The molecule has 1 aliphatic heterocycles. The van der Waals surface area contributed by atoms with Crippen molar-refractivity contribution in [3.05, 3.63) is 34.8 Å². The van der Waals surface area contributed by atoms with Crippen molar-refractivity contribution in [1.29, 1.82) is 0 Å². The highest BCUT2D eigenvalue weighted by molar-refractivity contribution is 6.66. The summed E-state index contributed by atoms with van der Waals surface area (Å²) < 4.78 is 15.2. The lowest BCUT2D eigenvalue weighted by molar-refractivity contribution is 0.00578. The Labute approximate surface area is 174 Å². The van der Waals surface area contributed by atoms with Crippen molar-refractivity contribution in [3.63, 3.8) is 0 Å². The van der Waals surface area contributed by atoms with Crippen molar-refractivity contribution in [3.8, 4) is 0 Å². The molecule has 1 aliphatic carbocycles. The number of benzene rings is 1. The van der Waals surface area contributed by atoms with Crippen molar-refractivity contribution in [2.24, 2.45) is 0 Å². The minimum absolute atomic E-state index is 0.189. The van der Waals surface area contributed by atoms with E-state index in [-0.39, 0.29) is 6.10 Å². The molecule has 0 spiro atoms. The molecule has 0 unspecified atom stereocenters. The molecule has 6 heteroatoms. The number of hydrogen-bond donors (Lipinski definition) is 1. The van der Waals surface area contributed by atoms with Crippen LogP contribution in [0.4, 0.5) is 5.69 Å². The second kappa shape index (κ2) is 6.87. The van der Waals surface area contributed by atoms with E-state index in [9.17, 15) is 5.11 Å². The van der Waals surface area contributed by atoms with Gasteiger partial charge in [0, 0.05) is 22.7 Å². The Bertz CT molecular complexity index is 978. The molecule has 1 saturated heterocycles. The van der Waals surface area contributed by atoms with Gasteiger partial charge in [0.05, 0.1) is 23.9 Å². The fourth-order valence-corrected chi connectivity index (χ4v) is 4.77. The van der Waals surface area contributed by atoms with Crippen LogP contribution in [-0.4, -0.2) is 34.1 Å². The van der Waals surface area contributed by atoms with E-state index in [1.807, 2.05) is 13.0 Å². The van der Waals surface area contributed by atoms with Crippen LogP contribution in [0.15, 0.2) is 12.1 Å². The zero-order valence-corrected chi connectivity index (χ0v) is 18.4. The molecular formula is C23H31BN2O3. The van der Waals surface area contributed by atoms with Crippen LogP contribution in [0.5, 0.6) is 0 Å². The van der Waals surface area contributed by atoms with E-state index in [0.717, 1.165) is 53.3 Å². The minimum Gasteiger partial charge on any atom is -0.399 e. The molecule has 1 N–H and O–H groups in total. The molecular weight excluding hydrogens is 363 g/mol. The van der Waals surface area contributed by atoms with Gasteiger partial charge >= 0.3 is 7.12 Å². The summed E-state index contributed by atoms with van der Waals surface area (Å²) in [5.74, 6) is 0. The van der Waals surface area contributed by atoms with Crippen LogP contribution >= 0.6 is 0 Å². The largest absolute Gasteiger partial charge is 0.497 e. The number of rotatable bonds is 2. The predicted octanol–water partition coefficient (Wildman–Crippen LogP) is 4.58. The van der Waals surface area contributed by atoms with Gasteiger partial charge in [0.2, 0.25) is 0 Å². The molecule has 2 fully saturated rings. The molecule has 2 aromatic rings. The van der Waals surface area contributed by atoms with Gasteiger partial charge in [-0.15, -0.1) is 0 Å². The normalized spacial score (nSPS) is 26.1. The monoisotopic (exact) mass is 394 g/mol. The second-order valence-electron chi connectivity index (χ2n) is 9.69. The van der Waals surface area contributed by atoms with Crippen molar-refractivity contribution < 1.29 is 14.4 Å². The van der Waals surface area contributed by atoms with Gasteiger partial charge in [0.1, 0.15) is 0 Å². The van der Waals surface area contributed by atoms with Crippen LogP contribution in [0.1, 0.15) is 70.7 Å². The Hall–Kier alpha value is -1.81. The Balaban J connectivity index is 1.90. The Morgan fingerprint density at radius 2 is 1.66 bits per heavy atom. The first-order chi connectivity index (χ1) is 13.6. The van der Waals surface area contributed by atoms with E-state index < -0.39 is 18.3 Å². The summed E-state index contributed by atoms with van der Waals surface area (Å²) in [6.07, 6.45) is 3.38. The maximum absolute atomic E-state index is 9.98. The van der Waals surface area contributed by atoms with Crippen LogP contribution in [0.25, 0.3) is 15.7 Å². The topological polar surface area (TPSA) is 48.0 Å². The fraction of sp³-hybridized carbons (Fsp3) is 0.609. The molecule has 0 amide bonds. The summed E-state index contributed by atoms with van der Waals surface area (Å²) in [4.78, 5) is 3.73. The molecule has 154 valence electrons. The maximum Gasteiger partial charge on any atom is 0.497 e. The standard InChI is InChI=1S/C23H31BN2O3/c1-14-12-20-18(13-19(14)25-7)21(24-28-22(3,4)23(5,6)29-24)15(2)26(20)16-8-10-17(27)11-9-16/h12-13,16-17,27H,8-11H2,1-6H3. The molecule has 0 radical (unpaired) electrons. The smallest absolute Gasteiger partial charge is 0.399 e. The minimum atomic E-state index is -0.459. The first-order valence-corrected chi connectivity index (χ1v) is 10.6. The lowest BCUT2D eigenvalue weighted by Gasteiger charge is -2.32. The average Bonchev–Trinajstić information content (AvgIpc) is 3.03. The fourth-order valence-electron chi connectivity index (χ4n) is 4.77. The number of hydrogen-bond acceptors (Lipinski definition) is 3. The third kappa shape index (κ3) is 3.20. The summed E-state index contributed by atoms with van der Waals surface area (Å²) >= 11 is 0. The molecule has 5 nitrogen and oxygen atoms in total. The number of nitrogens with zero attached hydrogens (tertiary/aromatic N) is 2. The molecule has 4 rings (SSSR count). The third-order valence-electron chi connectivity index (χ3n) is 7.26. The van der Waals surface area contributed by atoms with Crippen LogP contribution in [0.2, 0.25) is 0 Å². The average molecular weight is 394 g/mol. The van der Waals surface area contributed by atoms with Crippen LogP contribution < -0.4 is 5.46 Å². The highest BCUT2D eigenvalue weighted by Gasteiger charge is 2.53. The van der Waals surface area contributed by atoms with Gasteiger partial charge in [-0.3, -0.25) is 0 Å². The summed E-state index contributed by atoms with van der Waals surface area (Å²) in [6.45, 7) is 20.0. The number of aliphatic hydroxyl groups excluding tert-OH is 1. The number of fused-ring (bicyclic) bond motifs is 1. The van der Waals surface area contributed by atoms with E-state index >= 15 is 0 Å². The highest BCUT2D eigenvalue weighted by atomic mass is 16.7. The van der Waals surface area contributed by atoms with Crippen molar-refractivity contribution >= 4 is 29.2 Å². The quantitative estimate of drug-likeness (QED) is 0.599. The SMILES string of the molecule is [C-]#[N+]c1cc2c(B3OC(C)(C)C(C)(C)O3)c(C)n(C3CCC(O)CC3)c2cc1C. The van der Waals surface area contributed by atoms with Crippen LogP contribution in [0.3, 0.4) is 0 Å². The number of aromatic nitrogens is 1. The molecule has 1 aromatic carbocycles. The van der Waals surface area contributed by atoms with Gasteiger partial charge in [-0.2, -0.15) is 0 Å². The van der Waals surface area contributed by atoms with Gasteiger partial charge in [-0.1, -0.05) is 0 Å². The Morgan fingerprint density at radius 3 is 2.21 bits per heavy atom. The number of aliphatic hydroxyl groups is 1. The first kappa shape index (κ1) is 20.5. The van der Waals surface area contributed by atoms with E-state index in [1.165, 1.54) is 0 Å². The molecule has 0 atom stereocenters. The van der Waals surface area contributed by atoms with E-state index in [2.05, 4.69) is 50.1 Å². The maximum atomic E-state index is 9.98. The van der Waals surface area contributed by atoms with Gasteiger partial charge in [0.15, 0.2) is 5.69 Å². The first-order valence-electron chi connectivity index (χ1n) is 10.6. The zero-order chi connectivity index (χ0) is 21.1. The number of aryl methyl sites for hydroxylation is 1. The Morgan fingerprint density at radius 1 is 1.07 bits per heavy atom. The molecule has 29 heavy (non-hydrogen) atoms. The van der Waals surface area contributed by atoms with Gasteiger partial charge in [-0.05, 0) is 90.3 Å². The summed E-state index contributed by atoms with van der Waals surface area (Å²) in [5, 5.41) is 11.0. The highest BCUT2D eigenvalue weighted by Crippen LogP contribution is 2.40. The summed E-state index contributed by atoms with van der Waals surface area (Å²) in [7, 11) is -0.459. The van der Waals surface area contributed by atoms with E-state index in [4.69, 9.17) is 15.9 Å². The van der Waals surface area contributed by atoms with Gasteiger partial charge in [0.25, 0.3) is 0 Å². The molecule has 2 aliphatic rings. The second-order valence-corrected chi connectivity index (χ2v) is 9.69. The van der Waals surface area contributed by atoms with E-state index in [1.54, 1.807) is 0 Å². The predicted molar refractivity (Wildman–Crippen MR) is 117 cm³/mol.